The minimum absolute atomic E-state index is 0.00896. The quantitative estimate of drug-likeness (QED) is 0.821. The number of carbonyl (C=O) groups excluding carboxylic acids is 1. The van der Waals surface area contributed by atoms with E-state index in [0.29, 0.717) is 10.8 Å². The van der Waals surface area contributed by atoms with Gasteiger partial charge in [-0.2, -0.15) is 0 Å². The number of carbonyl (C=O) groups is 1. The Morgan fingerprint density at radius 3 is 2.44 bits per heavy atom. The van der Waals surface area contributed by atoms with Gasteiger partial charge < -0.3 is 15.0 Å². The number of nitrogens with one attached hydrogen (secondary N) is 1. The average molecular weight is 359 g/mol. The molecule has 0 aliphatic carbocycles. The minimum Gasteiger partial charge on any atom is -0.484 e. The second-order valence-corrected chi connectivity index (χ2v) is 6.72. The Labute approximate surface area is 153 Å². The third-order valence-corrected chi connectivity index (χ3v) is 4.61. The molecule has 2 aromatic carbocycles. The number of amides is 1. The standard InChI is InChI=1S/C20H23ClN2O2/c21-17-8-10-18(11-9-17)25-15-20(24)22-19(14-23-12-4-5-13-23)16-6-2-1-3-7-16/h1-3,6-11,19H,4-5,12-15H2,(H,22,24). The fraction of sp³-hybridized carbons (Fsp3) is 0.350. The first-order valence-corrected chi connectivity index (χ1v) is 9.03. The maximum atomic E-state index is 12.4. The molecule has 1 aliphatic heterocycles. The summed E-state index contributed by atoms with van der Waals surface area (Å²) in [4.78, 5) is 14.8. The van der Waals surface area contributed by atoms with Crippen LogP contribution in [0.5, 0.6) is 5.75 Å². The monoisotopic (exact) mass is 358 g/mol. The zero-order valence-electron chi connectivity index (χ0n) is 14.2. The first kappa shape index (κ1) is 17.8. The number of nitrogens with zero attached hydrogens (tertiary/aromatic N) is 1. The molecule has 2 aromatic rings. The Bertz CT molecular complexity index is 670. The second kappa shape index (κ2) is 8.88. The van der Waals surface area contributed by atoms with E-state index < -0.39 is 0 Å². The molecular formula is C20H23ClN2O2. The predicted molar refractivity (Wildman–Crippen MR) is 99.9 cm³/mol. The summed E-state index contributed by atoms with van der Waals surface area (Å²) >= 11 is 5.85. The molecule has 1 heterocycles. The van der Waals surface area contributed by atoms with E-state index in [9.17, 15) is 4.79 Å². The van der Waals surface area contributed by atoms with Gasteiger partial charge in [0, 0.05) is 11.6 Å². The van der Waals surface area contributed by atoms with Gasteiger partial charge in [-0.3, -0.25) is 4.79 Å². The molecule has 0 saturated carbocycles. The fourth-order valence-electron chi connectivity index (χ4n) is 3.06. The van der Waals surface area contributed by atoms with E-state index in [0.717, 1.165) is 25.2 Å². The SMILES string of the molecule is O=C(COc1ccc(Cl)cc1)NC(CN1CCCC1)c1ccccc1. The lowest BCUT2D eigenvalue weighted by molar-refractivity contribution is -0.124. The summed E-state index contributed by atoms with van der Waals surface area (Å²) in [5.41, 5.74) is 1.12. The van der Waals surface area contributed by atoms with Gasteiger partial charge in [0.1, 0.15) is 5.75 Å². The summed E-state index contributed by atoms with van der Waals surface area (Å²) in [6.07, 6.45) is 2.46. The lowest BCUT2D eigenvalue weighted by atomic mass is 10.1. The molecule has 0 spiro atoms. The van der Waals surface area contributed by atoms with Crippen LogP contribution >= 0.6 is 11.6 Å². The Kier molecular flexibility index (Phi) is 6.31. The topological polar surface area (TPSA) is 41.6 Å². The van der Waals surface area contributed by atoms with Gasteiger partial charge in [-0.1, -0.05) is 41.9 Å². The van der Waals surface area contributed by atoms with Crippen molar-refractivity contribution in [2.45, 2.75) is 18.9 Å². The van der Waals surface area contributed by atoms with Crippen LogP contribution in [0.3, 0.4) is 0 Å². The smallest absolute Gasteiger partial charge is 0.258 e. The average Bonchev–Trinajstić information content (AvgIpc) is 3.15. The van der Waals surface area contributed by atoms with Crippen LogP contribution in [0.15, 0.2) is 54.6 Å². The number of benzene rings is 2. The van der Waals surface area contributed by atoms with Gasteiger partial charge in [-0.15, -0.1) is 0 Å². The lowest BCUT2D eigenvalue weighted by Gasteiger charge is -2.25. The van der Waals surface area contributed by atoms with E-state index in [1.165, 1.54) is 12.8 Å². The maximum Gasteiger partial charge on any atom is 0.258 e. The van der Waals surface area contributed by atoms with Crippen LogP contribution in [-0.4, -0.2) is 37.0 Å². The highest BCUT2D eigenvalue weighted by molar-refractivity contribution is 6.30. The largest absolute Gasteiger partial charge is 0.484 e. The molecule has 0 radical (unpaired) electrons. The highest BCUT2D eigenvalue weighted by atomic mass is 35.5. The normalized spacial score (nSPS) is 15.7. The van der Waals surface area contributed by atoms with E-state index in [2.05, 4.69) is 22.3 Å². The molecule has 1 saturated heterocycles. The summed E-state index contributed by atoms with van der Waals surface area (Å²) in [5.74, 6) is 0.512. The molecule has 1 N–H and O–H groups in total. The van der Waals surface area contributed by atoms with Crippen molar-refractivity contribution in [3.8, 4) is 5.75 Å². The molecule has 1 unspecified atom stereocenters. The zero-order valence-corrected chi connectivity index (χ0v) is 14.9. The van der Waals surface area contributed by atoms with Crippen molar-refractivity contribution in [1.82, 2.24) is 10.2 Å². The summed E-state index contributed by atoms with van der Waals surface area (Å²) in [6.45, 7) is 3.02. The first-order valence-electron chi connectivity index (χ1n) is 8.66. The first-order chi connectivity index (χ1) is 12.2. The Morgan fingerprint density at radius 1 is 1.08 bits per heavy atom. The third kappa shape index (κ3) is 5.48. The van der Waals surface area contributed by atoms with Crippen LogP contribution < -0.4 is 10.1 Å². The molecule has 132 valence electrons. The van der Waals surface area contributed by atoms with Gasteiger partial charge in [0.25, 0.3) is 5.91 Å². The van der Waals surface area contributed by atoms with E-state index in [1.54, 1.807) is 24.3 Å². The number of ether oxygens (including phenoxy) is 1. The van der Waals surface area contributed by atoms with Gasteiger partial charge >= 0.3 is 0 Å². The molecule has 1 fully saturated rings. The van der Waals surface area contributed by atoms with Crippen molar-refractivity contribution < 1.29 is 9.53 Å². The Hall–Kier alpha value is -2.04. The second-order valence-electron chi connectivity index (χ2n) is 6.28. The number of hydrogen-bond donors (Lipinski definition) is 1. The summed E-state index contributed by atoms with van der Waals surface area (Å²) in [6, 6.07) is 17.1. The van der Waals surface area contributed by atoms with Crippen molar-refractivity contribution in [2.24, 2.45) is 0 Å². The van der Waals surface area contributed by atoms with Gasteiger partial charge in [0.15, 0.2) is 6.61 Å². The highest BCUT2D eigenvalue weighted by Crippen LogP contribution is 2.18. The summed E-state index contributed by atoms with van der Waals surface area (Å²) < 4.78 is 5.55. The molecule has 1 aliphatic rings. The number of halogens is 1. The van der Waals surface area contributed by atoms with Crippen LogP contribution in [0.25, 0.3) is 0 Å². The van der Waals surface area contributed by atoms with E-state index in [-0.39, 0.29) is 18.6 Å². The zero-order chi connectivity index (χ0) is 17.5. The molecule has 0 bridgehead atoms. The summed E-state index contributed by atoms with van der Waals surface area (Å²) in [5, 5.41) is 3.76. The highest BCUT2D eigenvalue weighted by Gasteiger charge is 2.20. The van der Waals surface area contributed by atoms with Gasteiger partial charge in [-0.25, -0.2) is 0 Å². The molecule has 3 rings (SSSR count). The molecule has 25 heavy (non-hydrogen) atoms. The van der Waals surface area contributed by atoms with E-state index in [1.807, 2.05) is 18.2 Å². The van der Waals surface area contributed by atoms with Crippen molar-refractivity contribution in [3.05, 3.63) is 65.2 Å². The van der Waals surface area contributed by atoms with Crippen LogP contribution in [0.1, 0.15) is 24.4 Å². The van der Waals surface area contributed by atoms with Crippen molar-refractivity contribution in [1.29, 1.82) is 0 Å². The number of likely N-dealkylation sites (tertiary alicyclic amines) is 1. The molecular weight excluding hydrogens is 336 g/mol. The maximum absolute atomic E-state index is 12.4. The minimum atomic E-state index is -0.122. The molecule has 1 amide bonds. The molecule has 0 aromatic heterocycles. The van der Waals surface area contributed by atoms with Crippen LogP contribution in [0, 0.1) is 0 Å². The number of hydrogen-bond acceptors (Lipinski definition) is 3. The predicted octanol–water partition coefficient (Wildman–Crippen LogP) is 3.67. The van der Waals surface area contributed by atoms with E-state index in [4.69, 9.17) is 16.3 Å². The van der Waals surface area contributed by atoms with Gasteiger partial charge in [-0.05, 0) is 55.8 Å². The van der Waals surface area contributed by atoms with Crippen LogP contribution in [-0.2, 0) is 4.79 Å². The summed E-state index contributed by atoms with van der Waals surface area (Å²) in [7, 11) is 0. The Balaban J connectivity index is 1.58. The van der Waals surface area contributed by atoms with Crippen molar-refractivity contribution >= 4 is 17.5 Å². The van der Waals surface area contributed by atoms with Crippen molar-refractivity contribution in [2.75, 3.05) is 26.2 Å². The van der Waals surface area contributed by atoms with Crippen molar-refractivity contribution in [3.63, 3.8) is 0 Å². The Morgan fingerprint density at radius 2 is 1.76 bits per heavy atom. The van der Waals surface area contributed by atoms with Crippen LogP contribution in [0.2, 0.25) is 5.02 Å². The fourth-order valence-corrected chi connectivity index (χ4v) is 3.18. The molecule has 1 atom stereocenters. The van der Waals surface area contributed by atoms with Gasteiger partial charge in [0.2, 0.25) is 0 Å². The molecule has 4 nitrogen and oxygen atoms in total. The van der Waals surface area contributed by atoms with E-state index >= 15 is 0 Å². The molecule has 5 heteroatoms. The van der Waals surface area contributed by atoms with Crippen LogP contribution in [0.4, 0.5) is 0 Å². The number of rotatable bonds is 7. The van der Waals surface area contributed by atoms with Gasteiger partial charge in [0.05, 0.1) is 6.04 Å². The lowest BCUT2D eigenvalue weighted by Crippen LogP contribution is -2.39. The third-order valence-electron chi connectivity index (χ3n) is 4.36.